The Balaban J connectivity index is 2.80. The van der Waals surface area contributed by atoms with E-state index in [-0.39, 0.29) is 6.61 Å². The van der Waals surface area contributed by atoms with Gasteiger partial charge < -0.3 is 10.8 Å². The van der Waals surface area contributed by atoms with E-state index in [0.717, 1.165) is 27.9 Å². The Kier molecular flexibility index (Phi) is 2.44. The van der Waals surface area contributed by atoms with E-state index in [4.69, 9.17) is 5.73 Å². The first-order valence-corrected chi connectivity index (χ1v) is 5.54. The van der Waals surface area contributed by atoms with Crippen molar-refractivity contribution in [1.29, 1.82) is 0 Å². The van der Waals surface area contributed by atoms with Gasteiger partial charge in [-0.15, -0.1) is 11.3 Å². The second-order valence-corrected chi connectivity index (χ2v) is 4.19. The van der Waals surface area contributed by atoms with Gasteiger partial charge in [0.15, 0.2) is 0 Å². The maximum atomic E-state index is 9.28. The zero-order valence-electron chi connectivity index (χ0n) is 8.08. The third kappa shape index (κ3) is 1.29. The minimum atomic E-state index is 0.0245. The first-order valence-electron chi connectivity index (χ1n) is 4.66. The van der Waals surface area contributed by atoms with Crippen LogP contribution in [0.25, 0.3) is 10.1 Å². The lowest BCUT2D eigenvalue weighted by Crippen LogP contribution is -1.99. The molecule has 1 aromatic heterocycles. The molecular weight excluding hydrogens is 194 g/mol. The monoisotopic (exact) mass is 207 g/mol. The summed E-state index contributed by atoms with van der Waals surface area (Å²) < 4.78 is 1.11. The maximum absolute atomic E-state index is 9.28. The summed E-state index contributed by atoms with van der Waals surface area (Å²) in [7, 11) is 0. The molecule has 0 spiro atoms. The van der Waals surface area contributed by atoms with Crippen molar-refractivity contribution < 1.29 is 5.11 Å². The van der Waals surface area contributed by atoms with E-state index in [9.17, 15) is 5.11 Å². The van der Waals surface area contributed by atoms with Gasteiger partial charge in [0, 0.05) is 16.0 Å². The van der Waals surface area contributed by atoms with Crippen molar-refractivity contribution in [3.8, 4) is 0 Å². The molecule has 0 aliphatic carbocycles. The average molecular weight is 207 g/mol. The number of aliphatic hydroxyl groups excluding tert-OH is 1. The molecule has 3 N–H and O–H groups in total. The Morgan fingerprint density at radius 1 is 1.50 bits per heavy atom. The molecule has 0 fully saturated rings. The number of nitrogens with two attached hydrogens (primary N) is 1. The fraction of sp³-hybridized carbons (Fsp3) is 0.273. The van der Waals surface area contributed by atoms with Gasteiger partial charge in [-0.1, -0.05) is 6.92 Å². The molecule has 0 saturated carbocycles. The van der Waals surface area contributed by atoms with Crippen LogP contribution in [0.1, 0.15) is 18.1 Å². The van der Waals surface area contributed by atoms with E-state index in [1.54, 1.807) is 11.3 Å². The molecule has 3 heteroatoms. The van der Waals surface area contributed by atoms with E-state index >= 15 is 0 Å². The van der Waals surface area contributed by atoms with Crippen LogP contribution in [0.3, 0.4) is 0 Å². The fourth-order valence-electron chi connectivity index (χ4n) is 1.71. The van der Waals surface area contributed by atoms with Crippen LogP contribution in [0, 0.1) is 0 Å². The second-order valence-electron chi connectivity index (χ2n) is 3.28. The van der Waals surface area contributed by atoms with Gasteiger partial charge in [-0.25, -0.2) is 0 Å². The first kappa shape index (κ1) is 9.49. The van der Waals surface area contributed by atoms with Crippen LogP contribution < -0.4 is 5.73 Å². The minimum Gasteiger partial charge on any atom is -0.398 e. The van der Waals surface area contributed by atoms with Gasteiger partial charge in [0.25, 0.3) is 0 Å². The predicted molar refractivity (Wildman–Crippen MR) is 61.5 cm³/mol. The molecule has 0 saturated heterocycles. The molecule has 1 heterocycles. The number of anilines is 1. The van der Waals surface area contributed by atoms with Gasteiger partial charge in [-0.3, -0.25) is 0 Å². The van der Waals surface area contributed by atoms with Crippen molar-refractivity contribution in [2.75, 3.05) is 5.73 Å². The number of nitrogen functional groups attached to an aromatic ring is 1. The molecule has 0 aliphatic rings. The lowest BCUT2D eigenvalue weighted by Gasteiger charge is -2.09. The van der Waals surface area contributed by atoms with Crippen LogP contribution in [-0.4, -0.2) is 5.11 Å². The summed E-state index contributed by atoms with van der Waals surface area (Å²) in [6, 6.07) is 4.18. The van der Waals surface area contributed by atoms with Crippen LogP contribution in [-0.2, 0) is 13.0 Å². The van der Waals surface area contributed by atoms with Crippen molar-refractivity contribution in [2.24, 2.45) is 0 Å². The molecular formula is C11H13NOS. The van der Waals surface area contributed by atoms with Gasteiger partial charge in [-0.05, 0) is 34.9 Å². The SMILES string of the molecule is CCc1cc2ccsc2c(CO)c1N. The molecule has 1 aromatic carbocycles. The fourth-order valence-corrected chi connectivity index (χ4v) is 2.64. The summed E-state index contributed by atoms with van der Waals surface area (Å²) in [5.74, 6) is 0. The van der Waals surface area contributed by atoms with Crippen LogP contribution in [0.5, 0.6) is 0 Å². The molecule has 0 amide bonds. The Morgan fingerprint density at radius 2 is 2.29 bits per heavy atom. The molecule has 0 radical (unpaired) electrons. The number of aryl methyl sites for hydroxylation is 1. The van der Waals surface area contributed by atoms with Crippen LogP contribution >= 0.6 is 11.3 Å². The molecule has 0 atom stereocenters. The van der Waals surface area contributed by atoms with E-state index < -0.39 is 0 Å². The highest BCUT2D eigenvalue weighted by molar-refractivity contribution is 7.17. The van der Waals surface area contributed by atoms with Gasteiger partial charge in [-0.2, -0.15) is 0 Å². The van der Waals surface area contributed by atoms with Crippen molar-refractivity contribution in [2.45, 2.75) is 20.0 Å². The molecule has 2 aromatic rings. The smallest absolute Gasteiger partial charge is 0.0716 e. The zero-order chi connectivity index (χ0) is 10.1. The molecule has 14 heavy (non-hydrogen) atoms. The number of hydrogen-bond acceptors (Lipinski definition) is 3. The maximum Gasteiger partial charge on any atom is 0.0716 e. The topological polar surface area (TPSA) is 46.2 Å². The Bertz CT molecular complexity index is 462. The van der Waals surface area contributed by atoms with Crippen LogP contribution in [0.4, 0.5) is 5.69 Å². The normalized spacial score (nSPS) is 11.0. The highest BCUT2D eigenvalue weighted by Crippen LogP contribution is 2.32. The van der Waals surface area contributed by atoms with Crippen LogP contribution in [0.2, 0.25) is 0 Å². The summed E-state index contributed by atoms with van der Waals surface area (Å²) in [5.41, 5.74) is 8.74. The average Bonchev–Trinajstić information content (AvgIpc) is 2.64. The van der Waals surface area contributed by atoms with Gasteiger partial charge >= 0.3 is 0 Å². The third-order valence-electron chi connectivity index (χ3n) is 2.51. The number of benzene rings is 1. The number of thiophene rings is 1. The zero-order valence-corrected chi connectivity index (χ0v) is 8.90. The largest absolute Gasteiger partial charge is 0.398 e. The third-order valence-corrected chi connectivity index (χ3v) is 3.50. The van der Waals surface area contributed by atoms with Crippen LogP contribution in [0.15, 0.2) is 17.5 Å². The first-order chi connectivity index (χ1) is 6.77. The molecule has 0 aliphatic heterocycles. The molecule has 74 valence electrons. The lowest BCUT2D eigenvalue weighted by atomic mass is 10.0. The predicted octanol–water partition coefficient (Wildman–Crippen LogP) is 2.54. The van der Waals surface area contributed by atoms with E-state index in [1.807, 2.05) is 5.38 Å². The Morgan fingerprint density at radius 3 is 2.93 bits per heavy atom. The molecule has 0 bridgehead atoms. The van der Waals surface area contributed by atoms with Crippen molar-refractivity contribution >= 4 is 27.1 Å². The molecule has 2 rings (SSSR count). The van der Waals surface area contributed by atoms with E-state index in [0.29, 0.717) is 0 Å². The Hall–Kier alpha value is -1.06. The van der Waals surface area contributed by atoms with Crippen molar-refractivity contribution in [1.82, 2.24) is 0 Å². The second kappa shape index (κ2) is 3.59. The number of aliphatic hydroxyl groups is 1. The van der Waals surface area contributed by atoms with Gasteiger partial charge in [0.05, 0.1) is 6.61 Å². The number of hydrogen-bond donors (Lipinski definition) is 2. The summed E-state index contributed by atoms with van der Waals surface area (Å²) in [5, 5.41) is 12.5. The highest BCUT2D eigenvalue weighted by Gasteiger charge is 2.09. The summed E-state index contributed by atoms with van der Waals surface area (Å²) in [6.07, 6.45) is 0.907. The summed E-state index contributed by atoms with van der Waals surface area (Å²) in [6.45, 7) is 2.10. The summed E-state index contributed by atoms with van der Waals surface area (Å²) >= 11 is 1.63. The lowest BCUT2D eigenvalue weighted by molar-refractivity contribution is 0.284. The standard InChI is InChI=1S/C11H13NOS/c1-2-7-5-8-3-4-14-11(8)9(6-13)10(7)12/h3-5,13H,2,6,12H2,1H3. The molecule has 0 unspecified atom stereocenters. The summed E-state index contributed by atoms with van der Waals surface area (Å²) in [4.78, 5) is 0. The number of rotatable bonds is 2. The van der Waals surface area contributed by atoms with Gasteiger partial charge in [0.2, 0.25) is 0 Å². The Labute approximate surface area is 87.0 Å². The van der Waals surface area contributed by atoms with Gasteiger partial charge in [0.1, 0.15) is 0 Å². The minimum absolute atomic E-state index is 0.0245. The van der Waals surface area contributed by atoms with E-state index in [2.05, 4.69) is 19.1 Å². The van der Waals surface area contributed by atoms with E-state index in [1.165, 1.54) is 5.39 Å². The van der Waals surface area contributed by atoms with Crippen molar-refractivity contribution in [3.63, 3.8) is 0 Å². The van der Waals surface area contributed by atoms with Crippen molar-refractivity contribution in [3.05, 3.63) is 28.6 Å². The number of fused-ring (bicyclic) bond motifs is 1. The highest BCUT2D eigenvalue weighted by atomic mass is 32.1. The quantitative estimate of drug-likeness (QED) is 0.743. The molecule has 2 nitrogen and oxygen atoms in total.